The van der Waals surface area contributed by atoms with Crippen LogP contribution in [-0.4, -0.2) is 26.1 Å². The highest BCUT2D eigenvalue weighted by molar-refractivity contribution is 7.90. The summed E-state index contributed by atoms with van der Waals surface area (Å²) in [5, 5.41) is 0.219. The van der Waals surface area contributed by atoms with E-state index in [1.807, 2.05) is 45.9 Å². The first-order chi connectivity index (χ1) is 12.5. The lowest BCUT2D eigenvalue weighted by Crippen LogP contribution is -2.29. The van der Waals surface area contributed by atoms with E-state index in [0.29, 0.717) is 16.9 Å². The van der Waals surface area contributed by atoms with E-state index in [1.165, 1.54) is 12.1 Å². The zero-order chi connectivity index (χ0) is 21.0. The average Bonchev–Trinajstić information content (AvgIpc) is 2.83. The first-order valence-electron chi connectivity index (χ1n) is 8.80. The highest BCUT2D eigenvalue weighted by Crippen LogP contribution is 2.42. The molecule has 6 heteroatoms. The van der Waals surface area contributed by atoms with Crippen molar-refractivity contribution in [3.63, 3.8) is 0 Å². The highest BCUT2D eigenvalue weighted by atomic mass is 35.5. The minimum atomic E-state index is -3.37. The molecule has 4 nitrogen and oxygen atoms in total. The van der Waals surface area contributed by atoms with Crippen LogP contribution in [0.1, 0.15) is 47.1 Å². The van der Waals surface area contributed by atoms with Gasteiger partial charge < -0.3 is 4.74 Å². The molecule has 1 aliphatic heterocycles. The Kier molecular flexibility index (Phi) is 7.64. The number of ketones is 1. The van der Waals surface area contributed by atoms with E-state index in [9.17, 15) is 13.2 Å². The van der Waals surface area contributed by atoms with E-state index in [-0.39, 0.29) is 15.7 Å². The Morgan fingerprint density at radius 2 is 1.78 bits per heavy atom. The molecule has 1 aromatic carbocycles. The molecule has 0 spiro atoms. The third-order valence-electron chi connectivity index (χ3n) is 3.92. The molecule has 0 unspecified atom stereocenters. The number of sulfone groups is 1. The summed E-state index contributed by atoms with van der Waals surface area (Å²) in [6.07, 6.45) is 6.62. The molecule has 0 saturated heterocycles. The molecule has 1 aromatic rings. The van der Waals surface area contributed by atoms with Gasteiger partial charge in [0.25, 0.3) is 0 Å². The van der Waals surface area contributed by atoms with Crippen LogP contribution >= 0.6 is 11.6 Å². The van der Waals surface area contributed by atoms with Gasteiger partial charge in [0.2, 0.25) is 5.78 Å². The summed E-state index contributed by atoms with van der Waals surface area (Å²) in [7, 11) is -3.37. The molecule has 0 aliphatic carbocycles. The molecule has 0 radical (unpaired) electrons. The zero-order valence-electron chi connectivity index (χ0n) is 16.9. The molecular formula is C21H27ClO4S. The number of carbonyl (C=O) groups is 1. The van der Waals surface area contributed by atoms with Crippen LogP contribution in [-0.2, 0) is 19.4 Å². The summed E-state index contributed by atoms with van der Waals surface area (Å²) in [6, 6.07) is 4.41. The molecule has 0 atom stereocenters. The lowest BCUT2D eigenvalue weighted by Gasteiger charge is -2.18. The van der Waals surface area contributed by atoms with Crippen LogP contribution < -0.4 is 0 Å². The Morgan fingerprint density at radius 1 is 1.19 bits per heavy atom. The molecule has 0 aromatic heterocycles. The van der Waals surface area contributed by atoms with Gasteiger partial charge in [-0.3, -0.25) is 4.79 Å². The minimum absolute atomic E-state index is 0.117. The first-order valence-corrected chi connectivity index (χ1v) is 11.1. The van der Waals surface area contributed by atoms with Gasteiger partial charge in [-0.15, -0.1) is 0 Å². The van der Waals surface area contributed by atoms with Crippen molar-refractivity contribution in [1.82, 2.24) is 0 Å². The van der Waals surface area contributed by atoms with Crippen molar-refractivity contribution in [2.45, 2.75) is 52.0 Å². The van der Waals surface area contributed by atoms with Crippen LogP contribution in [0.25, 0.3) is 5.76 Å². The van der Waals surface area contributed by atoms with Crippen molar-refractivity contribution in [1.29, 1.82) is 0 Å². The van der Waals surface area contributed by atoms with Crippen molar-refractivity contribution in [2.24, 2.45) is 0 Å². The maximum Gasteiger partial charge on any atom is 0.210 e. The topological polar surface area (TPSA) is 60.4 Å². The van der Waals surface area contributed by atoms with Gasteiger partial charge in [0.15, 0.2) is 15.4 Å². The highest BCUT2D eigenvalue weighted by Gasteiger charge is 2.43. The zero-order valence-corrected chi connectivity index (χ0v) is 18.5. The first kappa shape index (κ1) is 23.2. The van der Waals surface area contributed by atoms with Gasteiger partial charge in [0.05, 0.1) is 15.5 Å². The number of benzene rings is 1. The maximum absolute atomic E-state index is 12.8. The van der Waals surface area contributed by atoms with Gasteiger partial charge >= 0.3 is 0 Å². The number of hydrogen-bond donors (Lipinski definition) is 0. The Morgan fingerprint density at radius 3 is 2.22 bits per heavy atom. The van der Waals surface area contributed by atoms with Crippen molar-refractivity contribution >= 4 is 33.0 Å². The second-order valence-corrected chi connectivity index (χ2v) is 8.73. The monoisotopic (exact) mass is 410 g/mol. The van der Waals surface area contributed by atoms with Crippen molar-refractivity contribution in [3.05, 3.63) is 58.2 Å². The van der Waals surface area contributed by atoms with Crippen molar-refractivity contribution < 1.29 is 17.9 Å². The molecule has 2 rings (SSSR count). The third kappa shape index (κ3) is 4.90. The van der Waals surface area contributed by atoms with Gasteiger partial charge in [0.1, 0.15) is 5.76 Å². The molecule has 1 aliphatic rings. The lowest BCUT2D eigenvalue weighted by atomic mass is 9.92. The molecule has 1 heterocycles. The Labute approximate surface area is 167 Å². The van der Waals surface area contributed by atoms with E-state index in [2.05, 4.69) is 0 Å². The number of allylic oxidation sites excluding steroid dienone is 4. The van der Waals surface area contributed by atoms with E-state index < -0.39 is 15.4 Å². The van der Waals surface area contributed by atoms with E-state index in [1.54, 1.807) is 19.9 Å². The largest absolute Gasteiger partial charge is 0.478 e. The average molecular weight is 411 g/mol. The standard InChI is InChI=1S/C19H21ClO4S.C2H6/c1-6-8-12(7-2)16-17(24-19(3,4)18(16)21)14-10-9-13(11-15(14)20)25(5,22)23;1-2/h6-11H,1-5H3;1-2H3/b8-6-,12-7+;. The van der Waals surface area contributed by atoms with Gasteiger partial charge in [-0.1, -0.05) is 43.7 Å². The normalized spacial score (nSPS) is 17.0. The summed E-state index contributed by atoms with van der Waals surface area (Å²) in [5.41, 5.74) is 0.655. The second-order valence-electron chi connectivity index (χ2n) is 6.30. The van der Waals surface area contributed by atoms with Crippen molar-refractivity contribution in [2.75, 3.05) is 6.26 Å². The van der Waals surface area contributed by atoms with Crippen LogP contribution in [0.3, 0.4) is 0 Å². The van der Waals surface area contributed by atoms with Crippen LogP contribution in [0, 0.1) is 0 Å². The van der Waals surface area contributed by atoms with Crippen LogP contribution in [0.2, 0.25) is 5.02 Å². The van der Waals surface area contributed by atoms with Crippen LogP contribution in [0.15, 0.2) is 52.5 Å². The van der Waals surface area contributed by atoms with E-state index >= 15 is 0 Å². The fraction of sp³-hybridized carbons (Fsp3) is 0.381. The van der Waals surface area contributed by atoms with Crippen molar-refractivity contribution in [3.8, 4) is 0 Å². The number of carbonyl (C=O) groups excluding carboxylic acids is 1. The number of hydrogen-bond acceptors (Lipinski definition) is 4. The second kappa shape index (κ2) is 8.89. The molecule has 0 fully saturated rings. The van der Waals surface area contributed by atoms with E-state index in [4.69, 9.17) is 16.3 Å². The Balaban J connectivity index is 0.00000176. The third-order valence-corrected chi connectivity index (χ3v) is 5.34. The van der Waals surface area contributed by atoms with Gasteiger partial charge in [-0.2, -0.15) is 0 Å². The van der Waals surface area contributed by atoms with Crippen LogP contribution in [0.5, 0.6) is 0 Å². The predicted octanol–water partition coefficient (Wildman–Crippen LogP) is 5.38. The lowest BCUT2D eigenvalue weighted by molar-refractivity contribution is -0.126. The van der Waals surface area contributed by atoms with Gasteiger partial charge in [0, 0.05) is 11.8 Å². The van der Waals surface area contributed by atoms with Gasteiger partial charge in [-0.05, 0) is 51.5 Å². The minimum Gasteiger partial charge on any atom is -0.478 e. The molecule has 148 valence electrons. The smallest absolute Gasteiger partial charge is 0.210 e. The number of ether oxygens (including phenoxy) is 1. The summed E-state index contributed by atoms with van der Waals surface area (Å²) in [6.45, 7) is 11.1. The molecule has 27 heavy (non-hydrogen) atoms. The Hall–Kier alpha value is -1.85. The summed E-state index contributed by atoms with van der Waals surface area (Å²) in [4.78, 5) is 12.9. The van der Waals surface area contributed by atoms with Crippen LogP contribution in [0.4, 0.5) is 0 Å². The molecule has 0 saturated carbocycles. The number of rotatable bonds is 4. The molecular weight excluding hydrogens is 384 g/mol. The fourth-order valence-electron chi connectivity index (χ4n) is 2.62. The SMILES string of the molecule is C/C=C\C(=C/C)C1=C(c2ccc(S(C)(=O)=O)cc2Cl)OC(C)(C)C1=O.CC. The molecule has 0 bridgehead atoms. The quantitative estimate of drug-likeness (QED) is 0.625. The number of halogens is 1. The van der Waals surface area contributed by atoms with Gasteiger partial charge in [-0.25, -0.2) is 8.42 Å². The maximum atomic E-state index is 12.8. The summed E-state index contributed by atoms with van der Waals surface area (Å²) < 4.78 is 29.3. The van der Waals surface area contributed by atoms with E-state index in [0.717, 1.165) is 11.8 Å². The molecule has 0 amide bonds. The Bertz CT molecular complexity index is 920. The number of Topliss-reactive ketones (excluding diaryl/α,β-unsaturated/α-hetero) is 1. The predicted molar refractivity (Wildman–Crippen MR) is 112 cm³/mol. The summed E-state index contributed by atoms with van der Waals surface area (Å²) >= 11 is 6.32. The fourth-order valence-corrected chi connectivity index (χ4v) is 3.60. The summed E-state index contributed by atoms with van der Waals surface area (Å²) in [5.74, 6) is 0.225. The molecule has 0 N–H and O–H groups in total.